The van der Waals surface area contributed by atoms with E-state index >= 15 is 0 Å². The van der Waals surface area contributed by atoms with Crippen LogP contribution in [0, 0.1) is 0 Å². The average molecular weight is 253 g/mol. The van der Waals surface area contributed by atoms with Crippen LogP contribution in [-0.4, -0.2) is 54.0 Å². The minimum atomic E-state index is 0.266. The van der Waals surface area contributed by atoms with Gasteiger partial charge in [-0.25, -0.2) is 0 Å². The van der Waals surface area contributed by atoms with Crippen LogP contribution in [-0.2, 0) is 4.79 Å². The number of nitrogens with two attached hydrogens (primary N) is 1. The highest BCUT2D eigenvalue weighted by Crippen LogP contribution is 2.22. The Morgan fingerprint density at radius 1 is 1.28 bits per heavy atom. The van der Waals surface area contributed by atoms with Gasteiger partial charge in [-0.1, -0.05) is 19.3 Å². The van der Waals surface area contributed by atoms with Crippen molar-refractivity contribution in [3.63, 3.8) is 0 Å². The van der Waals surface area contributed by atoms with Crippen molar-refractivity contribution in [1.29, 1.82) is 0 Å². The quantitative estimate of drug-likeness (QED) is 0.819. The summed E-state index contributed by atoms with van der Waals surface area (Å²) in [6.45, 7) is 5.38. The van der Waals surface area contributed by atoms with Crippen molar-refractivity contribution in [1.82, 2.24) is 9.80 Å². The lowest BCUT2D eigenvalue weighted by atomic mass is 9.94. The normalized spacial score (nSPS) is 26.4. The summed E-state index contributed by atoms with van der Waals surface area (Å²) < 4.78 is 0. The van der Waals surface area contributed by atoms with Crippen LogP contribution >= 0.6 is 0 Å². The molecule has 4 heteroatoms. The largest absolute Gasteiger partial charge is 0.339 e. The second kappa shape index (κ2) is 6.53. The molecule has 1 aliphatic carbocycles. The van der Waals surface area contributed by atoms with Crippen molar-refractivity contribution in [2.45, 2.75) is 57.5 Å². The highest BCUT2D eigenvalue weighted by Gasteiger charge is 2.27. The Labute approximate surface area is 110 Å². The molecule has 2 N–H and O–H groups in total. The third kappa shape index (κ3) is 3.45. The lowest BCUT2D eigenvalue weighted by Crippen LogP contribution is -2.46. The van der Waals surface area contributed by atoms with E-state index in [4.69, 9.17) is 5.73 Å². The van der Waals surface area contributed by atoms with Crippen LogP contribution in [0.1, 0.15) is 45.4 Å². The number of carbonyl (C=O) groups excluding carboxylic acids is 1. The van der Waals surface area contributed by atoms with E-state index in [1.165, 1.54) is 32.1 Å². The molecule has 1 saturated carbocycles. The number of carbonyl (C=O) groups is 1. The van der Waals surface area contributed by atoms with Crippen LogP contribution in [0.15, 0.2) is 0 Å². The molecule has 2 aliphatic rings. The van der Waals surface area contributed by atoms with Crippen molar-refractivity contribution < 1.29 is 4.79 Å². The van der Waals surface area contributed by atoms with Crippen molar-refractivity contribution in [2.24, 2.45) is 5.73 Å². The van der Waals surface area contributed by atoms with Gasteiger partial charge in [-0.05, 0) is 26.2 Å². The van der Waals surface area contributed by atoms with E-state index in [9.17, 15) is 4.79 Å². The van der Waals surface area contributed by atoms with E-state index in [1.54, 1.807) is 0 Å². The molecule has 0 unspecified atom stereocenters. The molecule has 0 bridgehead atoms. The van der Waals surface area contributed by atoms with Gasteiger partial charge in [0.1, 0.15) is 0 Å². The van der Waals surface area contributed by atoms with Gasteiger partial charge in [0.25, 0.3) is 0 Å². The van der Waals surface area contributed by atoms with Crippen LogP contribution in [0.4, 0.5) is 0 Å². The maximum absolute atomic E-state index is 12.4. The summed E-state index contributed by atoms with van der Waals surface area (Å²) in [6.07, 6.45) is 7.32. The first-order chi connectivity index (χ1) is 8.70. The van der Waals surface area contributed by atoms with Gasteiger partial charge in [0.05, 0.1) is 6.54 Å². The monoisotopic (exact) mass is 253 g/mol. The van der Waals surface area contributed by atoms with Crippen LogP contribution in [0.5, 0.6) is 0 Å². The third-order valence-corrected chi connectivity index (χ3v) is 4.34. The van der Waals surface area contributed by atoms with Gasteiger partial charge >= 0.3 is 0 Å². The number of rotatable bonds is 4. The summed E-state index contributed by atoms with van der Waals surface area (Å²) in [5.41, 5.74) is 5.89. The van der Waals surface area contributed by atoms with E-state index in [2.05, 4.69) is 16.7 Å². The second-order valence-electron chi connectivity index (χ2n) is 5.76. The highest BCUT2D eigenvalue weighted by atomic mass is 16.2. The van der Waals surface area contributed by atoms with Crippen LogP contribution < -0.4 is 5.73 Å². The van der Waals surface area contributed by atoms with Gasteiger partial charge in [0.15, 0.2) is 0 Å². The number of amides is 1. The van der Waals surface area contributed by atoms with E-state index < -0.39 is 0 Å². The van der Waals surface area contributed by atoms with Crippen LogP contribution in [0.25, 0.3) is 0 Å². The Kier molecular flexibility index (Phi) is 5.01. The molecule has 104 valence electrons. The number of hydrogen-bond donors (Lipinski definition) is 1. The molecule has 4 nitrogen and oxygen atoms in total. The Balaban J connectivity index is 1.84. The summed E-state index contributed by atoms with van der Waals surface area (Å²) in [5, 5.41) is 0. The molecular weight excluding hydrogens is 226 g/mol. The van der Waals surface area contributed by atoms with Gasteiger partial charge in [-0.3, -0.25) is 9.69 Å². The van der Waals surface area contributed by atoms with Crippen molar-refractivity contribution >= 4 is 5.91 Å². The Morgan fingerprint density at radius 2 is 2.00 bits per heavy atom. The molecule has 1 atom stereocenters. The van der Waals surface area contributed by atoms with E-state index in [0.29, 0.717) is 18.5 Å². The fourth-order valence-electron chi connectivity index (χ4n) is 3.32. The molecule has 1 aliphatic heterocycles. The zero-order valence-electron chi connectivity index (χ0n) is 11.6. The zero-order valence-corrected chi connectivity index (χ0v) is 11.6. The van der Waals surface area contributed by atoms with Gasteiger partial charge in [-0.2, -0.15) is 0 Å². The zero-order chi connectivity index (χ0) is 13.0. The first kappa shape index (κ1) is 13.8. The smallest absolute Gasteiger partial charge is 0.236 e. The van der Waals surface area contributed by atoms with Gasteiger partial charge in [-0.15, -0.1) is 0 Å². The maximum Gasteiger partial charge on any atom is 0.236 e. The van der Waals surface area contributed by atoms with Crippen molar-refractivity contribution in [3.05, 3.63) is 0 Å². The lowest BCUT2D eigenvalue weighted by Gasteiger charge is -2.34. The predicted molar refractivity (Wildman–Crippen MR) is 73.3 cm³/mol. The topological polar surface area (TPSA) is 49.6 Å². The molecule has 0 spiro atoms. The van der Waals surface area contributed by atoms with Gasteiger partial charge < -0.3 is 10.6 Å². The minimum absolute atomic E-state index is 0.266. The summed E-state index contributed by atoms with van der Waals surface area (Å²) >= 11 is 0. The molecule has 2 rings (SSSR count). The van der Waals surface area contributed by atoms with Gasteiger partial charge in [0.2, 0.25) is 5.91 Å². The summed E-state index contributed by atoms with van der Waals surface area (Å²) in [7, 11) is 0. The SMILES string of the molecule is CCN(C(=O)CN1CC[C@@H](N)C1)C1CCCCC1. The predicted octanol–water partition coefficient (Wildman–Crippen LogP) is 1.20. The molecule has 0 aromatic rings. The summed E-state index contributed by atoms with van der Waals surface area (Å²) in [5.74, 6) is 0.304. The van der Waals surface area contributed by atoms with Crippen molar-refractivity contribution in [2.75, 3.05) is 26.2 Å². The van der Waals surface area contributed by atoms with Gasteiger partial charge in [0, 0.05) is 31.7 Å². The van der Waals surface area contributed by atoms with Crippen molar-refractivity contribution in [3.8, 4) is 0 Å². The van der Waals surface area contributed by atoms with E-state index in [-0.39, 0.29) is 6.04 Å². The molecule has 0 aromatic carbocycles. The van der Waals surface area contributed by atoms with E-state index in [0.717, 1.165) is 26.1 Å². The molecular formula is C14H27N3O. The minimum Gasteiger partial charge on any atom is -0.339 e. The van der Waals surface area contributed by atoms with Crippen LogP contribution in [0.3, 0.4) is 0 Å². The highest BCUT2D eigenvalue weighted by molar-refractivity contribution is 5.78. The summed E-state index contributed by atoms with van der Waals surface area (Å²) in [6, 6.07) is 0.759. The number of hydrogen-bond acceptors (Lipinski definition) is 3. The molecule has 2 fully saturated rings. The number of likely N-dealkylation sites (tertiary alicyclic amines) is 1. The molecule has 18 heavy (non-hydrogen) atoms. The fourth-order valence-corrected chi connectivity index (χ4v) is 3.32. The average Bonchev–Trinajstić information content (AvgIpc) is 2.77. The first-order valence-electron chi connectivity index (χ1n) is 7.48. The maximum atomic E-state index is 12.4. The third-order valence-electron chi connectivity index (χ3n) is 4.34. The standard InChI is InChI=1S/C14H27N3O/c1-2-17(13-6-4-3-5-7-13)14(18)11-16-9-8-12(15)10-16/h12-13H,2-11,15H2,1H3/t12-/m1/s1. The number of likely N-dealkylation sites (N-methyl/N-ethyl adjacent to an activating group) is 1. The lowest BCUT2D eigenvalue weighted by molar-refractivity contribution is -0.134. The molecule has 0 radical (unpaired) electrons. The Hall–Kier alpha value is -0.610. The number of nitrogens with zero attached hydrogens (tertiary/aromatic N) is 2. The fraction of sp³-hybridized carbons (Fsp3) is 0.929. The summed E-state index contributed by atoms with van der Waals surface area (Å²) in [4.78, 5) is 16.7. The molecule has 1 heterocycles. The second-order valence-corrected chi connectivity index (χ2v) is 5.76. The van der Waals surface area contributed by atoms with Crippen LogP contribution in [0.2, 0.25) is 0 Å². The first-order valence-corrected chi connectivity index (χ1v) is 7.48. The van der Waals surface area contributed by atoms with E-state index in [1.807, 2.05) is 0 Å². The Morgan fingerprint density at radius 3 is 2.56 bits per heavy atom. The molecule has 0 aromatic heterocycles. The Bertz CT molecular complexity index is 276. The molecule has 1 saturated heterocycles. The molecule has 1 amide bonds.